The maximum absolute atomic E-state index is 13.3. The zero-order valence-electron chi connectivity index (χ0n) is 19.7. The molecule has 34 heavy (non-hydrogen) atoms. The number of halogens is 1. The SMILES string of the molecule is COc1ccc(/C(O)=C2/C(=O)C(=O)N(c3ccc(Cl)cc3)C2c2ccc(C)o2)cc1C(C)(C)C. The van der Waals surface area contributed by atoms with Gasteiger partial charge in [-0.05, 0) is 66.9 Å². The lowest BCUT2D eigenvalue weighted by Gasteiger charge is -2.24. The highest BCUT2D eigenvalue weighted by Crippen LogP contribution is 2.43. The summed E-state index contributed by atoms with van der Waals surface area (Å²) in [6.07, 6.45) is 0. The van der Waals surface area contributed by atoms with Crippen LogP contribution in [0.1, 0.15) is 49.5 Å². The van der Waals surface area contributed by atoms with Gasteiger partial charge in [0.25, 0.3) is 11.7 Å². The number of hydrogen-bond donors (Lipinski definition) is 1. The van der Waals surface area contributed by atoms with Crippen molar-refractivity contribution in [1.29, 1.82) is 0 Å². The van der Waals surface area contributed by atoms with Gasteiger partial charge in [-0.1, -0.05) is 32.4 Å². The van der Waals surface area contributed by atoms with Gasteiger partial charge in [0, 0.05) is 21.8 Å². The summed E-state index contributed by atoms with van der Waals surface area (Å²) in [6.45, 7) is 7.86. The summed E-state index contributed by atoms with van der Waals surface area (Å²) in [5.41, 5.74) is 1.41. The van der Waals surface area contributed by atoms with Gasteiger partial charge in [-0.15, -0.1) is 0 Å². The van der Waals surface area contributed by atoms with E-state index < -0.39 is 17.7 Å². The number of anilines is 1. The molecule has 6 nitrogen and oxygen atoms in total. The number of ether oxygens (including phenoxy) is 1. The van der Waals surface area contributed by atoms with E-state index in [-0.39, 0.29) is 16.7 Å². The van der Waals surface area contributed by atoms with Crippen molar-refractivity contribution < 1.29 is 23.8 Å². The first-order chi connectivity index (χ1) is 16.0. The molecule has 7 heteroatoms. The maximum atomic E-state index is 13.3. The van der Waals surface area contributed by atoms with Crippen LogP contribution in [0.4, 0.5) is 5.69 Å². The van der Waals surface area contributed by atoms with Crippen LogP contribution in [0.3, 0.4) is 0 Å². The van der Waals surface area contributed by atoms with Crippen molar-refractivity contribution in [2.24, 2.45) is 0 Å². The van der Waals surface area contributed by atoms with E-state index in [9.17, 15) is 14.7 Å². The molecule has 2 aromatic carbocycles. The standard InChI is InChI=1S/C27H26ClNO5/c1-15-6-12-21(34-15)23-22(25(31)26(32)29(23)18-10-8-17(28)9-11-18)24(30)16-7-13-20(33-5)19(14-16)27(2,3)4/h6-14,23,30H,1-5H3/b24-22-. The van der Waals surface area contributed by atoms with Crippen LogP contribution in [0.2, 0.25) is 5.02 Å². The largest absolute Gasteiger partial charge is 0.507 e. The first-order valence-corrected chi connectivity index (χ1v) is 11.2. The lowest BCUT2D eigenvalue weighted by molar-refractivity contribution is -0.132. The van der Waals surface area contributed by atoms with E-state index >= 15 is 0 Å². The third kappa shape index (κ3) is 4.10. The summed E-state index contributed by atoms with van der Waals surface area (Å²) in [4.78, 5) is 27.8. The molecule has 176 valence electrons. The van der Waals surface area contributed by atoms with E-state index in [0.717, 1.165) is 5.56 Å². The first-order valence-electron chi connectivity index (χ1n) is 10.8. The fourth-order valence-electron chi connectivity index (χ4n) is 4.17. The number of furan rings is 1. The molecule has 2 heterocycles. The molecule has 3 aromatic rings. The van der Waals surface area contributed by atoms with E-state index in [1.54, 1.807) is 68.6 Å². The molecule has 1 aliphatic rings. The number of carbonyl (C=O) groups is 2. The average molecular weight is 480 g/mol. The maximum Gasteiger partial charge on any atom is 0.300 e. The number of methoxy groups -OCH3 is 1. The molecule has 1 fully saturated rings. The smallest absolute Gasteiger partial charge is 0.300 e. The first kappa shape index (κ1) is 23.6. The Morgan fingerprint density at radius 3 is 2.29 bits per heavy atom. The van der Waals surface area contributed by atoms with Crippen molar-refractivity contribution in [3.05, 3.63) is 87.8 Å². The van der Waals surface area contributed by atoms with E-state index in [1.807, 2.05) is 20.8 Å². The van der Waals surface area contributed by atoms with E-state index in [4.69, 9.17) is 20.8 Å². The van der Waals surface area contributed by atoms with Gasteiger partial charge in [0.05, 0.1) is 12.7 Å². The average Bonchev–Trinajstić information content (AvgIpc) is 3.34. The lowest BCUT2D eigenvalue weighted by atomic mass is 9.84. The summed E-state index contributed by atoms with van der Waals surface area (Å²) in [5.74, 6) is -0.160. The van der Waals surface area contributed by atoms with Crippen molar-refractivity contribution >= 4 is 34.7 Å². The molecule has 1 aliphatic heterocycles. The molecule has 4 rings (SSSR count). The molecular weight excluding hydrogens is 454 g/mol. The van der Waals surface area contributed by atoms with Gasteiger partial charge in [-0.2, -0.15) is 0 Å². The Morgan fingerprint density at radius 2 is 1.74 bits per heavy atom. The van der Waals surface area contributed by atoms with E-state index in [2.05, 4.69) is 0 Å². The minimum atomic E-state index is -0.935. The Labute approximate surface area is 203 Å². The van der Waals surface area contributed by atoms with Gasteiger partial charge in [0.2, 0.25) is 0 Å². The van der Waals surface area contributed by atoms with Crippen LogP contribution in [0.15, 0.2) is 64.6 Å². The Hall–Kier alpha value is -3.51. The molecule has 1 N–H and O–H groups in total. The molecular formula is C27H26ClNO5. The highest BCUT2D eigenvalue weighted by atomic mass is 35.5. The van der Waals surface area contributed by atoms with Crippen molar-refractivity contribution in [2.45, 2.75) is 39.2 Å². The summed E-state index contributed by atoms with van der Waals surface area (Å²) < 4.78 is 11.3. The zero-order valence-corrected chi connectivity index (χ0v) is 20.4. The second-order valence-corrected chi connectivity index (χ2v) is 9.70. The number of aliphatic hydroxyl groups excluding tert-OH is 1. The number of Topliss-reactive ketones (excluding diaryl/α,β-unsaturated/α-hetero) is 1. The van der Waals surface area contributed by atoms with Crippen LogP contribution in [-0.2, 0) is 15.0 Å². The number of rotatable bonds is 4. The highest BCUT2D eigenvalue weighted by molar-refractivity contribution is 6.51. The third-order valence-corrected chi connectivity index (χ3v) is 6.11. The number of ketones is 1. The molecule has 0 spiro atoms. The van der Waals surface area contributed by atoms with Gasteiger partial charge < -0.3 is 14.3 Å². The minimum absolute atomic E-state index is 0.0423. The number of amides is 1. The summed E-state index contributed by atoms with van der Waals surface area (Å²) in [5, 5.41) is 11.9. The molecule has 0 aliphatic carbocycles. The van der Waals surface area contributed by atoms with Crippen LogP contribution in [0.25, 0.3) is 5.76 Å². The topological polar surface area (TPSA) is 80.0 Å². The van der Waals surface area contributed by atoms with Crippen molar-refractivity contribution in [3.63, 3.8) is 0 Å². The molecule has 0 radical (unpaired) electrons. The number of aryl methyl sites for hydroxylation is 1. The highest BCUT2D eigenvalue weighted by Gasteiger charge is 2.48. The second-order valence-electron chi connectivity index (χ2n) is 9.26. The molecule has 1 aromatic heterocycles. The zero-order chi connectivity index (χ0) is 24.8. The molecule has 1 atom stereocenters. The predicted octanol–water partition coefficient (Wildman–Crippen LogP) is 6.17. The van der Waals surface area contributed by atoms with Crippen molar-refractivity contribution in [2.75, 3.05) is 12.0 Å². The summed E-state index contributed by atoms with van der Waals surface area (Å²) >= 11 is 6.03. The summed E-state index contributed by atoms with van der Waals surface area (Å²) in [7, 11) is 1.58. The van der Waals surface area contributed by atoms with Crippen molar-refractivity contribution in [1.82, 2.24) is 0 Å². The van der Waals surface area contributed by atoms with Gasteiger partial charge >= 0.3 is 0 Å². The molecule has 1 saturated heterocycles. The molecule has 0 saturated carbocycles. The fraction of sp³-hybridized carbons (Fsp3) is 0.259. The molecule has 1 amide bonds. The third-order valence-electron chi connectivity index (χ3n) is 5.86. The monoisotopic (exact) mass is 479 g/mol. The van der Waals surface area contributed by atoms with Crippen LogP contribution >= 0.6 is 11.6 Å². The number of benzene rings is 2. The number of carbonyl (C=O) groups excluding carboxylic acids is 2. The molecule has 1 unspecified atom stereocenters. The van der Waals surface area contributed by atoms with Gasteiger partial charge in [-0.25, -0.2) is 0 Å². The number of hydrogen-bond acceptors (Lipinski definition) is 5. The van der Waals surface area contributed by atoms with E-state index in [0.29, 0.717) is 33.5 Å². The number of aliphatic hydroxyl groups is 1. The minimum Gasteiger partial charge on any atom is -0.507 e. The quantitative estimate of drug-likeness (QED) is 0.275. The van der Waals surface area contributed by atoms with Gasteiger partial charge in [0.15, 0.2) is 0 Å². The van der Waals surface area contributed by atoms with Crippen LogP contribution in [0, 0.1) is 6.92 Å². The van der Waals surface area contributed by atoms with Crippen LogP contribution in [-0.4, -0.2) is 23.9 Å². The van der Waals surface area contributed by atoms with Crippen LogP contribution < -0.4 is 9.64 Å². The second kappa shape index (κ2) is 8.69. The fourth-order valence-corrected chi connectivity index (χ4v) is 4.29. The number of nitrogens with zero attached hydrogens (tertiary/aromatic N) is 1. The van der Waals surface area contributed by atoms with Gasteiger partial charge in [-0.3, -0.25) is 14.5 Å². The summed E-state index contributed by atoms with van der Waals surface area (Å²) in [6, 6.07) is 14.3. The Bertz CT molecular complexity index is 1300. The van der Waals surface area contributed by atoms with Crippen LogP contribution in [0.5, 0.6) is 5.75 Å². The molecule has 0 bridgehead atoms. The van der Waals surface area contributed by atoms with E-state index in [1.165, 1.54) is 4.90 Å². The Kier molecular flexibility index (Phi) is 6.04. The Balaban J connectivity index is 1.94. The predicted molar refractivity (Wildman–Crippen MR) is 131 cm³/mol. The Morgan fingerprint density at radius 1 is 1.06 bits per heavy atom. The lowest BCUT2D eigenvalue weighted by Crippen LogP contribution is -2.29. The van der Waals surface area contributed by atoms with Crippen molar-refractivity contribution in [3.8, 4) is 5.75 Å². The van der Waals surface area contributed by atoms with Gasteiger partial charge in [0.1, 0.15) is 29.1 Å². The normalized spacial score (nSPS) is 17.9.